The van der Waals surface area contributed by atoms with Gasteiger partial charge in [0, 0.05) is 12.5 Å². The van der Waals surface area contributed by atoms with E-state index in [4.69, 9.17) is 9.47 Å². The highest BCUT2D eigenvalue weighted by Gasteiger charge is 2.12. The van der Waals surface area contributed by atoms with E-state index in [2.05, 4.69) is 0 Å². The normalized spacial score (nSPS) is 13.0. The van der Waals surface area contributed by atoms with Crippen LogP contribution < -0.4 is 4.74 Å². The van der Waals surface area contributed by atoms with Crippen LogP contribution in [0.2, 0.25) is 0 Å². The molecule has 0 saturated carbocycles. The second-order valence-electron chi connectivity index (χ2n) is 3.92. The number of aliphatic hydroxyl groups is 1. The Bertz CT molecular complexity index is 420. The lowest BCUT2D eigenvalue weighted by Crippen LogP contribution is -2.05. The zero-order chi connectivity index (χ0) is 13.5. The molecule has 4 heteroatoms. The van der Waals surface area contributed by atoms with Gasteiger partial charge in [-0.3, -0.25) is 4.79 Å². The van der Waals surface area contributed by atoms with Crippen molar-refractivity contribution >= 4 is 5.78 Å². The Hall–Kier alpha value is -1.81. The molecule has 0 aliphatic carbocycles. The number of ketones is 1. The van der Waals surface area contributed by atoms with Crippen LogP contribution in [0, 0.1) is 0 Å². The molecule has 0 aliphatic rings. The van der Waals surface area contributed by atoms with Crippen LogP contribution in [0.15, 0.2) is 36.1 Å². The Morgan fingerprint density at radius 1 is 1.33 bits per heavy atom. The smallest absolute Gasteiger partial charge is 0.161 e. The number of benzene rings is 1. The first-order valence-electron chi connectivity index (χ1n) is 5.64. The Balaban J connectivity index is 2.64. The van der Waals surface area contributed by atoms with Crippen molar-refractivity contribution in [3.63, 3.8) is 0 Å². The highest BCUT2D eigenvalue weighted by molar-refractivity contribution is 5.90. The molecule has 0 radical (unpaired) electrons. The molecule has 1 rings (SSSR count). The second kappa shape index (κ2) is 6.81. The zero-order valence-corrected chi connectivity index (χ0v) is 10.8. The molecule has 0 spiro atoms. The van der Waals surface area contributed by atoms with E-state index in [0.29, 0.717) is 17.1 Å². The Morgan fingerprint density at radius 2 is 1.94 bits per heavy atom. The average molecular weight is 250 g/mol. The van der Waals surface area contributed by atoms with Gasteiger partial charge in [0.2, 0.25) is 0 Å². The van der Waals surface area contributed by atoms with Crippen molar-refractivity contribution in [3.8, 4) is 5.75 Å². The number of ether oxygens (including phenoxy) is 2. The third-order valence-corrected chi connectivity index (χ3v) is 2.58. The molecule has 0 heterocycles. The summed E-state index contributed by atoms with van der Waals surface area (Å²) in [6.45, 7) is 1.69. The van der Waals surface area contributed by atoms with Gasteiger partial charge in [0.1, 0.15) is 5.75 Å². The largest absolute Gasteiger partial charge is 0.501 e. The van der Waals surface area contributed by atoms with Gasteiger partial charge in [-0.2, -0.15) is 0 Å². The first-order valence-corrected chi connectivity index (χ1v) is 5.64. The number of carbonyl (C=O) groups excluding carboxylic acids is 1. The van der Waals surface area contributed by atoms with Crippen molar-refractivity contribution in [1.82, 2.24) is 0 Å². The summed E-state index contributed by atoms with van der Waals surface area (Å²) in [7, 11) is 3.08. The molecule has 0 saturated heterocycles. The molecule has 0 aliphatic heterocycles. The van der Waals surface area contributed by atoms with Gasteiger partial charge in [0.25, 0.3) is 0 Å². The van der Waals surface area contributed by atoms with Crippen LogP contribution in [0.25, 0.3) is 0 Å². The fourth-order valence-corrected chi connectivity index (χ4v) is 1.48. The van der Waals surface area contributed by atoms with Crippen LogP contribution >= 0.6 is 0 Å². The molecule has 0 aromatic heterocycles. The monoisotopic (exact) mass is 250 g/mol. The maximum Gasteiger partial charge on any atom is 0.161 e. The minimum absolute atomic E-state index is 0.0348. The summed E-state index contributed by atoms with van der Waals surface area (Å²) in [5.74, 6) is 1.08. The first-order chi connectivity index (χ1) is 8.56. The van der Waals surface area contributed by atoms with Gasteiger partial charge in [-0.15, -0.1) is 0 Å². The molecule has 0 unspecified atom stereocenters. The van der Waals surface area contributed by atoms with Crippen LogP contribution in [0.4, 0.5) is 0 Å². The SMILES string of the molecule is CO/C(C)=C/C(=O)C[C@@H](O)c1ccc(OC)cc1. The number of rotatable bonds is 6. The molecular formula is C14H18O4. The standard InChI is InChI=1S/C14H18O4/c1-10(17-2)8-12(15)9-14(16)11-4-6-13(18-3)7-5-11/h4-8,14,16H,9H2,1-3H3/b10-8+/t14-/m1/s1. The molecule has 1 atom stereocenters. The number of hydrogen-bond donors (Lipinski definition) is 1. The number of hydrogen-bond acceptors (Lipinski definition) is 4. The summed E-state index contributed by atoms with van der Waals surface area (Å²) in [5.41, 5.74) is 0.688. The van der Waals surface area contributed by atoms with E-state index >= 15 is 0 Å². The van der Waals surface area contributed by atoms with E-state index in [1.54, 1.807) is 38.3 Å². The number of aliphatic hydroxyl groups excluding tert-OH is 1. The van der Waals surface area contributed by atoms with Gasteiger partial charge in [-0.25, -0.2) is 0 Å². The van der Waals surface area contributed by atoms with Crippen LogP contribution in [-0.2, 0) is 9.53 Å². The number of allylic oxidation sites excluding steroid dienone is 2. The lowest BCUT2D eigenvalue weighted by atomic mass is 10.0. The van der Waals surface area contributed by atoms with Crippen molar-refractivity contribution in [3.05, 3.63) is 41.7 Å². The topological polar surface area (TPSA) is 55.8 Å². The molecule has 1 N–H and O–H groups in total. The lowest BCUT2D eigenvalue weighted by molar-refractivity contribution is -0.116. The Kier molecular flexibility index (Phi) is 5.39. The summed E-state index contributed by atoms with van der Waals surface area (Å²) in [6.07, 6.45) is 0.601. The summed E-state index contributed by atoms with van der Waals surface area (Å²) >= 11 is 0. The van der Waals surface area contributed by atoms with E-state index < -0.39 is 6.10 Å². The summed E-state index contributed by atoms with van der Waals surface area (Å²) in [5, 5.41) is 9.91. The second-order valence-corrected chi connectivity index (χ2v) is 3.92. The fraction of sp³-hybridized carbons (Fsp3) is 0.357. The van der Waals surface area contributed by atoms with Gasteiger partial charge in [-0.1, -0.05) is 12.1 Å². The minimum atomic E-state index is -0.815. The molecule has 18 heavy (non-hydrogen) atoms. The zero-order valence-electron chi connectivity index (χ0n) is 10.8. The minimum Gasteiger partial charge on any atom is -0.501 e. The molecule has 0 amide bonds. The molecule has 98 valence electrons. The summed E-state index contributed by atoms with van der Waals surface area (Å²) in [4.78, 5) is 11.6. The highest BCUT2D eigenvalue weighted by Crippen LogP contribution is 2.20. The Labute approximate surface area is 107 Å². The van der Waals surface area contributed by atoms with E-state index in [1.165, 1.54) is 13.2 Å². The van der Waals surface area contributed by atoms with Crippen LogP contribution in [0.5, 0.6) is 5.75 Å². The molecule has 0 fully saturated rings. The van der Waals surface area contributed by atoms with Crippen LogP contribution in [0.1, 0.15) is 25.0 Å². The Morgan fingerprint density at radius 3 is 2.44 bits per heavy atom. The first kappa shape index (κ1) is 14.3. The van der Waals surface area contributed by atoms with Gasteiger partial charge in [0.05, 0.1) is 26.1 Å². The maximum atomic E-state index is 11.6. The number of carbonyl (C=O) groups is 1. The predicted octanol–water partition coefficient (Wildman–Crippen LogP) is 2.24. The van der Waals surface area contributed by atoms with Crippen LogP contribution in [0.3, 0.4) is 0 Å². The van der Waals surface area contributed by atoms with Crippen molar-refractivity contribution in [2.45, 2.75) is 19.4 Å². The van der Waals surface area contributed by atoms with Crippen LogP contribution in [-0.4, -0.2) is 25.1 Å². The maximum absolute atomic E-state index is 11.6. The van der Waals surface area contributed by atoms with Crippen molar-refractivity contribution in [2.24, 2.45) is 0 Å². The van der Waals surface area contributed by atoms with Crippen molar-refractivity contribution in [2.75, 3.05) is 14.2 Å². The van der Waals surface area contributed by atoms with Gasteiger partial charge < -0.3 is 14.6 Å². The highest BCUT2D eigenvalue weighted by atomic mass is 16.5. The molecule has 1 aromatic carbocycles. The summed E-state index contributed by atoms with van der Waals surface area (Å²) < 4.78 is 9.90. The number of methoxy groups -OCH3 is 2. The van der Waals surface area contributed by atoms with E-state index in [0.717, 1.165) is 0 Å². The quantitative estimate of drug-likeness (QED) is 0.621. The van der Waals surface area contributed by atoms with Gasteiger partial charge >= 0.3 is 0 Å². The third kappa shape index (κ3) is 4.22. The van der Waals surface area contributed by atoms with Crippen molar-refractivity contribution in [1.29, 1.82) is 0 Å². The average Bonchev–Trinajstić information content (AvgIpc) is 2.38. The lowest BCUT2D eigenvalue weighted by Gasteiger charge is -2.10. The summed E-state index contributed by atoms with van der Waals surface area (Å²) in [6, 6.07) is 6.98. The van der Waals surface area contributed by atoms with E-state index in [9.17, 15) is 9.90 Å². The molecule has 4 nitrogen and oxygen atoms in total. The molecule has 1 aromatic rings. The van der Waals surface area contributed by atoms with E-state index in [-0.39, 0.29) is 12.2 Å². The predicted molar refractivity (Wildman–Crippen MR) is 68.3 cm³/mol. The fourth-order valence-electron chi connectivity index (χ4n) is 1.48. The molecular weight excluding hydrogens is 232 g/mol. The molecule has 0 bridgehead atoms. The van der Waals surface area contributed by atoms with Crippen molar-refractivity contribution < 1.29 is 19.4 Å². The van der Waals surface area contributed by atoms with Gasteiger partial charge in [-0.05, 0) is 24.6 Å². The van der Waals surface area contributed by atoms with E-state index in [1.807, 2.05) is 0 Å². The third-order valence-electron chi connectivity index (χ3n) is 2.58. The van der Waals surface area contributed by atoms with Gasteiger partial charge in [0.15, 0.2) is 5.78 Å².